The van der Waals surface area contributed by atoms with Crippen molar-refractivity contribution in [3.05, 3.63) is 23.8 Å². The van der Waals surface area contributed by atoms with Gasteiger partial charge in [-0.3, -0.25) is 0 Å². The zero-order valence-corrected chi connectivity index (χ0v) is 11.2. The summed E-state index contributed by atoms with van der Waals surface area (Å²) < 4.78 is 10.6. The van der Waals surface area contributed by atoms with E-state index < -0.39 is 0 Å². The highest BCUT2D eigenvalue weighted by Gasteiger charge is 2.25. The third-order valence-electron chi connectivity index (χ3n) is 3.52. The molecule has 1 saturated carbocycles. The molecule has 1 aliphatic rings. The van der Waals surface area contributed by atoms with Gasteiger partial charge in [0.2, 0.25) is 0 Å². The van der Waals surface area contributed by atoms with Crippen molar-refractivity contribution in [2.24, 2.45) is 0 Å². The highest BCUT2D eigenvalue weighted by Crippen LogP contribution is 2.39. The van der Waals surface area contributed by atoms with Gasteiger partial charge in [0.1, 0.15) is 0 Å². The zero-order chi connectivity index (χ0) is 12.3. The fourth-order valence-electron chi connectivity index (χ4n) is 2.54. The fraction of sp³-hybridized carbons (Fsp3) is 0.571. The first-order chi connectivity index (χ1) is 8.26. The summed E-state index contributed by atoms with van der Waals surface area (Å²) in [6, 6.07) is 6.13. The summed E-state index contributed by atoms with van der Waals surface area (Å²) in [6.45, 7) is 0. The molecule has 17 heavy (non-hydrogen) atoms. The number of methoxy groups -OCH3 is 2. The Balaban J connectivity index is 2.25. The van der Waals surface area contributed by atoms with Crippen LogP contribution in [0.25, 0.3) is 0 Å². The Morgan fingerprint density at radius 3 is 2.41 bits per heavy atom. The van der Waals surface area contributed by atoms with Gasteiger partial charge in [0.05, 0.1) is 14.2 Å². The van der Waals surface area contributed by atoms with E-state index >= 15 is 0 Å². The minimum absolute atomic E-state index is 0.252. The summed E-state index contributed by atoms with van der Waals surface area (Å²) in [5.74, 6) is 2.02. The van der Waals surface area contributed by atoms with Crippen molar-refractivity contribution in [1.82, 2.24) is 0 Å². The lowest BCUT2D eigenvalue weighted by atomic mass is 9.83. The lowest BCUT2D eigenvalue weighted by Crippen LogP contribution is -2.17. The zero-order valence-electron chi connectivity index (χ0n) is 10.4. The molecule has 0 aromatic heterocycles. The van der Waals surface area contributed by atoms with E-state index in [1.807, 2.05) is 6.07 Å². The van der Waals surface area contributed by atoms with E-state index in [1.54, 1.807) is 14.2 Å². The molecule has 0 radical (unpaired) electrons. The summed E-state index contributed by atoms with van der Waals surface area (Å²) in [5.41, 5.74) is 1.27. The van der Waals surface area contributed by atoms with E-state index in [2.05, 4.69) is 12.1 Å². The Kier molecular flexibility index (Phi) is 4.16. The number of benzene rings is 1. The largest absolute Gasteiger partial charge is 0.493 e. The average Bonchev–Trinajstić information content (AvgIpc) is 2.38. The monoisotopic (exact) mass is 254 g/mol. The quantitative estimate of drug-likeness (QED) is 0.760. The molecule has 0 amide bonds. The topological polar surface area (TPSA) is 18.5 Å². The number of alkyl halides is 1. The summed E-state index contributed by atoms with van der Waals surface area (Å²) >= 11 is 6.41. The molecule has 2 unspecified atom stereocenters. The standard InChI is InChI=1S/C14H19ClO2/c1-16-13-8-7-10(9-14(13)17-2)11-5-3-4-6-12(11)15/h7-9,11-12H,3-6H2,1-2H3. The smallest absolute Gasteiger partial charge is 0.160 e. The van der Waals surface area contributed by atoms with Crippen LogP contribution in [0.4, 0.5) is 0 Å². The SMILES string of the molecule is COc1ccc(C2CCCCC2Cl)cc1OC. The molecule has 0 N–H and O–H groups in total. The maximum Gasteiger partial charge on any atom is 0.160 e. The van der Waals surface area contributed by atoms with Gasteiger partial charge in [-0.25, -0.2) is 0 Å². The lowest BCUT2D eigenvalue weighted by Gasteiger charge is -2.27. The number of ether oxygens (including phenoxy) is 2. The van der Waals surface area contributed by atoms with Crippen LogP contribution in [0, 0.1) is 0 Å². The van der Waals surface area contributed by atoms with Gasteiger partial charge in [0, 0.05) is 11.3 Å². The van der Waals surface area contributed by atoms with Gasteiger partial charge >= 0.3 is 0 Å². The van der Waals surface area contributed by atoms with Crippen molar-refractivity contribution in [2.45, 2.75) is 37.0 Å². The number of hydrogen-bond acceptors (Lipinski definition) is 2. The van der Waals surface area contributed by atoms with Crippen LogP contribution in [0.15, 0.2) is 18.2 Å². The second-order valence-electron chi connectivity index (χ2n) is 4.52. The van der Waals surface area contributed by atoms with Gasteiger partial charge in [-0.15, -0.1) is 11.6 Å². The number of rotatable bonds is 3. The highest BCUT2D eigenvalue weighted by atomic mass is 35.5. The number of halogens is 1. The van der Waals surface area contributed by atoms with E-state index in [-0.39, 0.29) is 5.38 Å². The highest BCUT2D eigenvalue weighted by molar-refractivity contribution is 6.21. The summed E-state index contributed by atoms with van der Waals surface area (Å²) in [5, 5.41) is 0.252. The maximum absolute atomic E-state index is 6.41. The van der Waals surface area contributed by atoms with Crippen LogP contribution in [0.3, 0.4) is 0 Å². The van der Waals surface area contributed by atoms with Crippen molar-refractivity contribution in [1.29, 1.82) is 0 Å². The maximum atomic E-state index is 6.41. The Bertz CT molecular complexity index is 378. The van der Waals surface area contributed by atoms with Crippen LogP contribution in [0.2, 0.25) is 0 Å². The molecule has 2 atom stereocenters. The molecule has 2 nitrogen and oxygen atoms in total. The van der Waals surface area contributed by atoms with Crippen LogP contribution in [0.1, 0.15) is 37.2 Å². The van der Waals surface area contributed by atoms with E-state index in [0.29, 0.717) is 5.92 Å². The molecule has 1 aliphatic carbocycles. The molecule has 0 spiro atoms. The van der Waals surface area contributed by atoms with E-state index in [0.717, 1.165) is 17.9 Å². The van der Waals surface area contributed by atoms with Crippen LogP contribution in [0.5, 0.6) is 11.5 Å². The van der Waals surface area contributed by atoms with Crippen LogP contribution in [-0.2, 0) is 0 Å². The minimum atomic E-state index is 0.252. The fourth-order valence-corrected chi connectivity index (χ4v) is 2.97. The Labute approximate surface area is 108 Å². The van der Waals surface area contributed by atoms with Gasteiger partial charge in [-0.1, -0.05) is 18.9 Å². The summed E-state index contributed by atoms with van der Waals surface area (Å²) in [4.78, 5) is 0. The summed E-state index contributed by atoms with van der Waals surface area (Å²) in [7, 11) is 3.32. The van der Waals surface area contributed by atoms with Gasteiger partial charge in [-0.05, 0) is 30.5 Å². The first-order valence-corrected chi connectivity index (χ1v) is 6.56. The van der Waals surface area contributed by atoms with Crippen molar-refractivity contribution in [2.75, 3.05) is 14.2 Å². The van der Waals surface area contributed by atoms with Crippen molar-refractivity contribution in [3.8, 4) is 11.5 Å². The van der Waals surface area contributed by atoms with Gasteiger partial charge < -0.3 is 9.47 Å². The predicted molar refractivity (Wildman–Crippen MR) is 70.4 cm³/mol. The van der Waals surface area contributed by atoms with Crippen molar-refractivity contribution >= 4 is 11.6 Å². The normalized spacial score (nSPS) is 24.4. The minimum Gasteiger partial charge on any atom is -0.493 e. The second kappa shape index (κ2) is 5.63. The van der Waals surface area contributed by atoms with Gasteiger partial charge in [0.25, 0.3) is 0 Å². The van der Waals surface area contributed by atoms with Crippen LogP contribution >= 0.6 is 11.6 Å². The van der Waals surface area contributed by atoms with Crippen molar-refractivity contribution in [3.63, 3.8) is 0 Å². The van der Waals surface area contributed by atoms with E-state index in [4.69, 9.17) is 21.1 Å². The molecule has 1 fully saturated rings. The van der Waals surface area contributed by atoms with Gasteiger partial charge in [0.15, 0.2) is 11.5 Å². The molecule has 0 aliphatic heterocycles. The molecule has 3 heteroatoms. The second-order valence-corrected chi connectivity index (χ2v) is 5.08. The first-order valence-electron chi connectivity index (χ1n) is 6.12. The van der Waals surface area contributed by atoms with Crippen molar-refractivity contribution < 1.29 is 9.47 Å². The lowest BCUT2D eigenvalue weighted by molar-refractivity contribution is 0.353. The first kappa shape index (κ1) is 12.6. The Morgan fingerprint density at radius 2 is 1.76 bits per heavy atom. The number of hydrogen-bond donors (Lipinski definition) is 0. The third kappa shape index (κ3) is 2.68. The van der Waals surface area contributed by atoms with E-state index in [9.17, 15) is 0 Å². The molecular weight excluding hydrogens is 236 g/mol. The predicted octanol–water partition coefficient (Wildman–Crippen LogP) is 3.97. The van der Waals surface area contributed by atoms with Crippen LogP contribution in [-0.4, -0.2) is 19.6 Å². The third-order valence-corrected chi connectivity index (χ3v) is 4.04. The summed E-state index contributed by atoms with van der Waals surface area (Å²) in [6.07, 6.45) is 4.80. The Morgan fingerprint density at radius 1 is 1.06 bits per heavy atom. The molecule has 94 valence electrons. The molecule has 1 aromatic carbocycles. The average molecular weight is 255 g/mol. The Hall–Kier alpha value is -0.890. The van der Waals surface area contributed by atoms with Gasteiger partial charge in [-0.2, -0.15) is 0 Å². The molecule has 2 rings (SSSR count). The molecular formula is C14H19ClO2. The van der Waals surface area contributed by atoms with Crippen LogP contribution < -0.4 is 9.47 Å². The molecule has 0 heterocycles. The van der Waals surface area contributed by atoms with E-state index in [1.165, 1.54) is 24.8 Å². The molecule has 0 bridgehead atoms. The molecule has 0 saturated heterocycles. The molecule has 1 aromatic rings.